The fourth-order valence-electron chi connectivity index (χ4n) is 1.07. The molecule has 2 heteroatoms. The van der Waals surface area contributed by atoms with Crippen molar-refractivity contribution in [2.24, 2.45) is 11.8 Å². The summed E-state index contributed by atoms with van der Waals surface area (Å²) in [5.74, 6) is 0.708. The van der Waals surface area contributed by atoms with E-state index in [4.69, 9.17) is 5.11 Å². The zero-order valence-electron chi connectivity index (χ0n) is 8.45. The van der Waals surface area contributed by atoms with E-state index in [9.17, 15) is 5.11 Å². The lowest BCUT2D eigenvalue weighted by Gasteiger charge is -2.17. The van der Waals surface area contributed by atoms with E-state index in [1.165, 1.54) is 6.42 Å². The van der Waals surface area contributed by atoms with Crippen molar-refractivity contribution >= 4 is 0 Å². The van der Waals surface area contributed by atoms with Crippen molar-refractivity contribution < 1.29 is 10.2 Å². The molecule has 0 amide bonds. The number of hydrogen-bond donors (Lipinski definition) is 2. The van der Waals surface area contributed by atoms with Crippen molar-refractivity contribution in [2.75, 3.05) is 6.61 Å². The van der Waals surface area contributed by atoms with Gasteiger partial charge in [-0.2, -0.15) is 0 Å². The largest absolute Gasteiger partial charge is 0.396 e. The maximum absolute atomic E-state index is 9.50. The number of aliphatic hydroxyl groups is 2. The molecule has 2 nitrogen and oxygen atoms in total. The molecule has 0 aromatic carbocycles. The summed E-state index contributed by atoms with van der Waals surface area (Å²) in [6.45, 7) is 6.31. The van der Waals surface area contributed by atoms with E-state index < -0.39 is 0 Å². The average molecular weight is 174 g/mol. The highest BCUT2D eigenvalue weighted by molar-refractivity contribution is 4.64. The molecule has 2 N–H and O–H groups in total. The Labute approximate surface area is 75.6 Å². The lowest BCUT2D eigenvalue weighted by atomic mass is 9.95. The van der Waals surface area contributed by atoms with Gasteiger partial charge in [-0.25, -0.2) is 0 Å². The van der Waals surface area contributed by atoms with Gasteiger partial charge in [-0.05, 0) is 18.8 Å². The van der Waals surface area contributed by atoms with Crippen LogP contribution in [0.5, 0.6) is 0 Å². The van der Waals surface area contributed by atoms with Crippen LogP contribution in [-0.2, 0) is 0 Å². The van der Waals surface area contributed by atoms with Gasteiger partial charge in [0.15, 0.2) is 0 Å². The second-order valence-electron chi connectivity index (χ2n) is 3.82. The third kappa shape index (κ3) is 4.73. The Morgan fingerprint density at radius 1 is 1.17 bits per heavy atom. The molecule has 0 fully saturated rings. The standard InChI is InChI=1S/C10H22O2/c1-4-8(2)5-6-10(12)9(3)7-11/h8-12H,4-7H2,1-3H3. The first-order valence-electron chi connectivity index (χ1n) is 4.90. The Morgan fingerprint density at radius 3 is 2.17 bits per heavy atom. The zero-order valence-corrected chi connectivity index (χ0v) is 8.45. The van der Waals surface area contributed by atoms with E-state index in [0.29, 0.717) is 5.92 Å². The predicted molar refractivity (Wildman–Crippen MR) is 50.9 cm³/mol. The molecule has 0 rings (SSSR count). The second-order valence-corrected chi connectivity index (χ2v) is 3.82. The smallest absolute Gasteiger partial charge is 0.0587 e. The molecule has 0 aromatic rings. The van der Waals surface area contributed by atoms with Crippen LogP contribution in [0, 0.1) is 11.8 Å². The molecular formula is C10H22O2. The topological polar surface area (TPSA) is 40.5 Å². The van der Waals surface area contributed by atoms with Gasteiger partial charge in [0.25, 0.3) is 0 Å². The summed E-state index contributed by atoms with van der Waals surface area (Å²) in [6, 6.07) is 0. The van der Waals surface area contributed by atoms with Crippen molar-refractivity contribution in [1.29, 1.82) is 0 Å². The normalized spacial score (nSPS) is 18.8. The van der Waals surface area contributed by atoms with Gasteiger partial charge in [0.05, 0.1) is 6.10 Å². The Kier molecular flexibility index (Phi) is 6.39. The van der Waals surface area contributed by atoms with Crippen LogP contribution in [0.4, 0.5) is 0 Å². The van der Waals surface area contributed by atoms with Crippen molar-refractivity contribution in [2.45, 2.75) is 46.1 Å². The molecule has 0 bridgehead atoms. The molecule has 0 saturated heterocycles. The predicted octanol–water partition coefficient (Wildman–Crippen LogP) is 1.80. The third-order valence-electron chi connectivity index (χ3n) is 2.60. The molecule has 0 aliphatic heterocycles. The molecular weight excluding hydrogens is 152 g/mol. The van der Waals surface area contributed by atoms with Gasteiger partial charge in [0.2, 0.25) is 0 Å². The van der Waals surface area contributed by atoms with Crippen LogP contribution >= 0.6 is 0 Å². The molecule has 0 saturated carbocycles. The first kappa shape index (κ1) is 11.9. The number of rotatable bonds is 6. The zero-order chi connectivity index (χ0) is 9.56. The minimum absolute atomic E-state index is 0.0223. The Balaban J connectivity index is 3.49. The fraction of sp³-hybridized carbons (Fsp3) is 1.00. The van der Waals surface area contributed by atoms with E-state index >= 15 is 0 Å². The monoisotopic (exact) mass is 174 g/mol. The van der Waals surface area contributed by atoms with E-state index in [0.717, 1.165) is 12.8 Å². The average Bonchev–Trinajstić information content (AvgIpc) is 2.11. The fourth-order valence-corrected chi connectivity index (χ4v) is 1.07. The van der Waals surface area contributed by atoms with E-state index in [1.54, 1.807) is 0 Å². The summed E-state index contributed by atoms with van der Waals surface area (Å²) >= 11 is 0. The molecule has 3 atom stereocenters. The van der Waals surface area contributed by atoms with Gasteiger partial charge in [0.1, 0.15) is 0 Å². The van der Waals surface area contributed by atoms with Crippen LogP contribution in [0.15, 0.2) is 0 Å². The molecule has 12 heavy (non-hydrogen) atoms. The Morgan fingerprint density at radius 2 is 1.75 bits per heavy atom. The van der Waals surface area contributed by atoms with Crippen LogP contribution < -0.4 is 0 Å². The van der Waals surface area contributed by atoms with Gasteiger partial charge in [-0.1, -0.05) is 27.2 Å². The molecule has 0 spiro atoms. The Bertz CT molecular complexity index is 104. The summed E-state index contributed by atoms with van der Waals surface area (Å²) < 4.78 is 0. The van der Waals surface area contributed by atoms with Gasteiger partial charge in [0, 0.05) is 12.5 Å². The maximum atomic E-state index is 9.50. The highest BCUT2D eigenvalue weighted by Gasteiger charge is 2.13. The quantitative estimate of drug-likeness (QED) is 0.644. The summed E-state index contributed by atoms with van der Waals surface area (Å²) in [6.07, 6.45) is 2.71. The van der Waals surface area contributed by atoms with Crippen molar-refractivity contribution in [3.63, 3.8) is 0 Å². The van der Waals surface area contributed by atoms with Crippen LogP contribution in [-0.4, -0.2) is 22.9 Å². The minimum atomic E-state index is -0.330. The second kappa shape index (κ2) is 6.44. The van der Waals surface area contributed by atoms with Gasteiger partial charge >= 0.3 is 0 Å². The summed E-state index contributed by atoms with van der Waals surface area (Å²) in [7, 11) is 0. The molecule has 0 aliphatic carbocycles. The molecule has 0 aliphatic rings. The van der Waals surface area contributed by atoms with Gasteiger partial charge in [-0.3, -0.25) is 0 Å². The molecule has 0 aromatic heterocycles. The Hall–Kier alpha value is -0.0800. The molecule has 3 unspecified atom stereocenters. The SMILES string of the molecule is CCC(C)CCC(O)C(C)CO. The van der Waals surface area contributed by atoms with Crippen LogP contribution in [0.25, 0.3) is 0 Å². The minimum Gasteiger partial charge on any atom is -0.396 e. The van der Waals surface area contributed by atoms with E-state index in [-0.39, 0.29) is 18.6 Å². The lowest BCUT2D eigenvalue weighted by Crippen LogP contribution is -2.21. The van der Waals surface area contributed by atoms with E-state index in [2.05, 4.69) is 13.8 Å². The van der Waals surface area contributed by atoms with Crippen LogP contribution in [0.3, 0.4) is 0 Å². The first-order chi connectivity index (χ1) is 5.61. The first-order valence-corrected chi connectivity index (χ1v) is 4.90. The van der Waals surface area contributed by atoms with Gasteiger partial charge in [-0.15, -0.1) is 0 Å². The van der Waals surface area contributed by atoms with E-state index in [1.807, 2.05) is 6.92 Å². The summed E-state index contributed by atoms with van der Waals surface area (Å²) in [5, 5.41) is 18.3. The molecule has 0 radical (unpaired) electrons. The van der Waals surface area contributed by atoms with Crippen molar-refractivity contribution in [3.8, 4) is 0 Å². The molecule has 0 heterocycles. The number of aliphatic hydroxyl groups excluding tert-OH is 2. The van der Waals surface area contributed by atoms with Gasteiger partial charge < -0.3 is 10.2 Å². The maximum Gasteiger partial charge on any atom is 0.0587 e. The molecule has 74 valence electrons. The summed E-state index contributed by atoms with van der Waals surface area (Å²) in [4.78, 5) is 0. The van der Waals surface area contributed by atoms with Crippen molar-refractivity contribution in [1.82, 2.24) is 0 Å². The van der Waals surface area contributed by atoms with Crippen molar-refractivity contribution in [3.05, 3.63) is 0 Å². The summed E-state index contributed by atoms with van der Waals surface area (Å²) in [5.41, 5.74) is 0. The van der Waals surface area contributed by atoms with Crippen LogP contribution in [0.1, 0.15) is 40.0 Å². The highest BCUT2D eigenvalue weighted by Crippen LogP contribution is 2.15. The highest BCUT2D eigenvalue weighted by atomic mass is 16.3. The van der Waals surface area contributed by atoms with Crippen LogP contribution in [0.2, 0.25) is 0 Å². The lowest BCUT2D eigenvalue weighted by molar-refractivity contribution is 0.0657. The third-order valence-corrected chi connectivity index (χ3v) is 2.60. The number of hydrogen-bond acceptors (Lipinski definition) is 2.